The van der Waals surface area contributed by atoms with E-state index in [2.05, 4.69) is 0 Å². The van der Waals surface area contributed by atoms with Crippen LogP contribution < -0.4 is 4.90 Å². The molecule has 2 aliphatic rings. The van der Waals surface area contributed by atoms with Crippen molar-refractivity contribution in [3.05, 3.63) is 41.7 Å². The average molecular weight is 245 g/mol. The molecular weight excluding hydrogens is 229 g/mol. The summed E-state index contributed by atoms with van der Waals surface area (Å²) in [7, 11) is 0. The number of hydrogen-bond acceptors (Lipinski definition) is 1. The van der Waals surface area contributed by atoms with Crippen molar-refractivity contribution in [1.29, 1.82) is 0 Å². The number of nitrogens with zero attached hydrogens (tertiary/aromatic N) is 1. The maximum atomic E-state index is 14.0. The lowest BCUT2D eigenvalue weighted by Crippen LogP contribution is -2.34. The van der Waals surface area contributed by atoms with Crippen LogP contribution >= 0.6 is 0 Å². The van der Waals surface area contributed by atoms with E-state index in [1.54, 1.807) is 11.0 Å². The largest absolute Gasteiger partial charge is 0.305 e. The Morgan fingerprint density at radius 3 is 2.67 bits per heavy atom. The van der Waals surface area contributed by atoms with Gasteiger partial charge in [-0.3, -0.25) is 4.79 Å². The molecule has 1 aromatic carbocycles. The molecule has 2 nitrogen and oxygen atoms in total. The molecule has 1 heterocycles. The number of hydrogen-bond donors (Lipinski definition) is 0. The molecule has 0 radical (unpaired) electrons. The lowest BCUT2D eigenvalue weighted by atomic mass is 10.0. The van der Waals surface area contributed by atoms with Crippen molar-refractivity contribution in [3.63, 3.8) is 0 Å². The molecule has 1 aliphatic heterocycles. The Morgan fingerprint density at radius 1 is 1.33 bits per heavy atom. The molecule has 0 aromatic heterocycles. The first-order valence-electron chi connectivity index (χ1n) is 6.39. The standard InChI is InChI=1S/C15H16FNO/c1-9(2)13-6-5-12(8-14(13)16)17-11-4-3-10(7-11)15(17)18/h3-6,8-11H,7H2,1-2H3. The van der Waals surface area contributed by atoms with Crippen molar-refractivity contribution in [2.75, 3.05) is 4.90 Å². The normalized spacial score (nSPS) is 25.6. The molecule has 3 heteroatoms. The highest BCUT2D eigenvalue weighted by Gasteiger charge is 2.41. The van der Waals surface area contributed by atoms with Crippen LogP contribution in [0.4, 0.5) is 10.1 Å². The third kappa shape index (κ3) is 1.57. The van der Waals surface area contributed by atoms with Crippen molar-refractivity contribution < 1.29 is 9.18 Å². The van der Waals surface area contributed by atoms with Crippen LogP contribution in [0, 0.1) is 11.7 Å². The second-order valence-corrected chi connectivity index (χ2v) is 5.36. The number of carbonyl (C=O) groups is 1. The lowest BCUT2D eigenvalue weighted by Gasteiger charge is -2.24. The number of amides is 1. The molecule has 3 rings (SSSR count). The molecule has 2 atom stereocenters. The summed E-state index contributed by atoms with van der Waals surface area (Å²) >= 11 is 0. The number of rotatable bonds is 2. The molecule has 1 saturated heterocycles. The molecule has 0 N–H and O–H groups in total. The number of halogens is 1. The minimum absolute atomic E-state index is 0.00263. The average Bonchev–Trinajstić information content (AvgIpc) is 2.88. The lowest BCUT2D eigenvalue weighted by molar-refractivity contribution is -0.119. The van der Waals surface area contributed by atoms with Gasteiger partial charge in [0.05, 0.1) is 12.0 Å². The summed E-state index contributed by atoms with van der Waals surface area (Å²) in [5, 5.41) is 0. The second-order valence-electron chi connectivity index (χ2n) is 5.36. The summed E-state index contributed by atoms with van der Waals surface area (Å²) < 4.78 is 14.0. The molecule has 18 heavy (non-hydrogen) atoms. The van der Waals surface area contributed by atoms with Gasteiger partial charge in [0.1, 0.15) is 5.82 Å². The molecule has 94 valence electrons. The summed E-state index contributed by atoms with van der Waals surface area (Å²) in [5.74, 6) is 0.0359. The second kappa shape index (κ2) is 3.94. The van der Waals surface area contributed by atoms with Gasteiger partial charge in [-0.25, -0.2) is 4.39 Å². The molecule has 0 saturated carbocycles. The van der Waals surface area contributed by atoms with Gasteiger partial charge in [0.15, 0.2) is 0 Å². The van der Waals surface area contributed by atoms with E-state index in [0.29, 0.717) is 11.3 Å². The zero-order chi connectivity index (χ0) is 12.9. The third-order valence-corrected chi connectivity index (χ3v) is 3.83. The first-order valence-corrected chi connectivity index (χ1v) is 6.39. The van der Waals surface area contributed by atoms with Crippen LogP contribution in [-0.2, 0) is 4.79 Å². The highest BCUT2D eigenvalue weighted by atomic mass is 19.1. The summed E-state index contributed by atoms with van der Waals surface area (Å²) in [5.41, 5.74) is 1.38. The van der Waals surface area contributed by atoms with E-state index in [-0.39, 0.29) is 29.6 Å². The predicted molar refractivity (Wildman–Crippen MR) is 69.0 cm³/mol. The van der Waals surface area contributed by atoms with Gasteiger partial charge in [0.25, 0.3) is 0 Å². The van der Waals surface area contributed by atoms with Crippen molar-refractivity contribution in [1.82, 2.24) is 0 Å². The van der Waals surface area contributed by atoms with Crippen LogP contribution in [-0.4, -0.2) is 11.9 Å². The summed E-state index contributed by atoms with van der Waals surface area (Å²) in [6.45, 7) is 3.92. The quantitative estimate of drug-likeness (QED) is 0.732. The van der Waals surface area contributed by atoms with Gasteiger partial charge in [0.2, 0.25) is 5.91 Å². The Balaban J connectivity index is 1.97. The van der Waals surface area contributed by atoms with E-state index >= 15 is 0 Å². The van der Waals surface area contributed by atoms with Crippen LogP contribution in [0.25, 0.3) is 0 Å². The molecule has 2 unspecified atom stereocenters. The van der Waals surface area contributed by atoms with Crippen molar-refractivity contribution >= 4 is 11.6 Å². The SMILES string of the molecule is CC(C)c1ccc(N2C(=O)C3C=CC2C3)cc1F. The van der Waals surface area contributed by atoms with Crippen molar-refractivity contribution in [2.45, 2.75) is 32.2 Å². The number of fused-ring (bicyclic) bond motifs is 2. The first-order chi connectivity index (χ1) is 8.58. The number of carbonyl (C=O) groups excluding carboxylic acids is 1. The van der Waals surface area contributed by atoms with Gasteiger partial charge in [-0.15, -0.1) is 0 Å². The molecule has 1 aromatic rings. The highest BCUT2D eigenvalue weighted by molar-refractivity contribution is 6.00. The maximum Gasteiger partial charge on any atom is 0.234 e. The van der Waals surface area contributed by atoms with E-state index in [0.717, 1.165) is 6.42 Å². The Kier molecular flexibility index (Phi) is 2.51. The fourth-order valence-corrected chi connectivity index (χ4v) is 2.85. The van der Waals surface area contributed by atoms with Gasteiger partial charge < -0.3 is 4.90 Å². The van der Waals surface area contributed by atoms with E-state index < -0.39 is 0 Å². The summed E-state index contributed by atoms with van der Waals surface area (Å²) in [6.07, 6.45) is 4.84. The first kappa shape index (κ1) is 11.5. The zero-order valence-corrected chi connectivity index (χ0v) is 10.6. The van der Waals surface area contributed by atoms with Crippen molar-refractivity contribution in [2.24, 2.45) is 5.92 Å². The Labute approximate surface area is 106 Å². The van der Waals surface area contributed by atoms with Crippen LogP contribution in [0.5, 0.6) is 0 Å². The van der Waals surface area contributed by atoms with Gasteiger partial charge in [-0.05, 0) is 30.0 Å². The highest BCUT2D eigenvalue weighted by Crippen LogP contribution is 2.37. The number of anilines is 1. The Hall–Kier alpha value is -1.64. The van der Waals surface area contributed by atoms with Crippen LogP contribution in [0.2, 0.25) is 0 Å². The Morgan fingerprint density at radius 2 is 2.11 bits per heavy atom. The van der Waals surface area contributed by atoms with E-state index in [1.165, 1.54) is 6.07 Å². The molecule has 2 bridgehead atoms. The molecule has 0 spiro atoms. The van der Waals surface area contributed by atoms with Crippen molar-refractivity contribution in [3.8, 4) is 0 Å². The van der Waals surface area contributed by atoms with Gasteiger partial charge in [-0.1, -0.05) is 32.1 Å². The predicted octanol–water partition coefficient (Wildman–Crippen LogP) is 3.24. The fraction of sp³-hybridized carbons (Fsp3) is 0.400. The summed E-state index contributed by atoms with van der Waals surface area (Å²) in [6, 6.07) is 5.25. The van der Waals surface area contributed by atoms with Crippen LogP contribution in [0.15, 0.2) is 30.4 Å². The Bertz CT molecular complexity index is 535. The van der Waals surface area contributed by atoms with E-state index in [1.807, 2.05) is 32.1 Å². The zero-order valence-electron chi connectivity index (χ0n) is 10.6. The van der Waals surface area contributed by atoms with Crippen LogP contribution in [0.3, 0.4) is 0 Å². The third-order valence-electron chi connectivity index (χ3n) is 3.83. The monoisotopic (exact) mass is 245 g/mol. The molecule has 1 aliphatic carbocycles. The van der Waals surface area contributed by atoms with Gasteiger partial charge >= 0.3 is 0 Å². The van der Waals surface area contributed by atoms with Crippen LogP contribution in [0.1, 0.15) is 31.7 Å². The van der Waals surface area contributed by atoms with E-state index in [4.69, 9.17) is 0 Å². The molecule has 1 fully saturated rings. The number of benzene rings is 1. The van der Waals surface area contributed by atoms with E-state index in [9.17, 15) is 9.18 Å². The topological polar surface area (TPSA) is 20.3 Å². The minimum atomic E-state index is -0.220. The fourth-order valence-electron chi connectivity index (χ4n) is 2.85. The maximum absolute atomic E-state index is 14.0. The smallest absolute Gasteiger partial charge is 0.234 e. The molecular formula is C15H16FNO. The summed E-state index contributed by atoms with van der Waals surface area (Å²) in [4.78, 5) is 13.8. The van der Waals surface area contributed by atoms with Gasteiger partial charge in [0, 0.05) is 5.69 Å². The molecule has 1 amide bonds. The van der Waals surface area contributed by atoms with Gasteiger partial charge in [-0.2, -0.15) is 0 Å². The minimum Gasteiger partial charge on any atom is -0.305 e.